The Morgan fingerprint density at radius 1 is 1.75 bits per heavy atom. The van der Waals surface area contributed by atoms with Crippen LogP contribution in [0.5, 0.6) is 0 Å². The maximum absolute atomic E-state index is 11.7. The van der Waals surface area contributed by atoms with Crippen LogP contribution in [-0.4, -0.2) is 31.7 Å². The van der Waals surface area contributed by atoms with Crippen LogP contribution in [-0.2, 0) is 9.53 Å². The Kier molecular flexibility index (Phi) is 3.93. The quantitative estimate of drug-likeness (QED) is 0.839. The lowest BCUT2D eigenvalue weighted by Gasteiger charge is -2.22. The molecule has 88 valence electrons. The molecule has 1 unspecified atom stereocenters. The minimum Gasteiger partial charge on any atom is -0.375 e. The number of carbonyl (C=O) groups is 1. The summed E-state index contributed by atoms with van der Waals surface area (Å²) in [6, 6.07) is 2.00. The van der Waals surface area contributed by atoms with E-state index in [1.807, 2.05) is 18.4 Å². The number of rotatable bonds is 3. The number of aryl methyl sites for hydroxylation is 1. The second-order valence-electron chi connectivity index (χ2n) is 3.88. The van der Waals surface area contributed by atoms with Crippen LogP contribution in [0.2, 0.25) is 0 Å². The van der Waals surface area contributed by atoms with Crippen LogP contribution in [0, 0.1) is 6.92 Å². The van der Waals surface area contributed by atoms with Crippen LogP contribution < -0.4 is 10.6 Å². The molecule has 0 radical (unpaired) electrons. The number of carbonyl (C=O) groups excluding carboxylic acids is 1. The van der Waals surface area contributed by atoms with Crippen molar-refractivity contribution in [2.75, 3.05) is 25.0 Å². The van der Waals surface area contributed by atoms with Crippen LogP contribution in [0.1, 0.15) is 12.0 Å². The third-order valence-corrected chi connectivity index (χ3v) is 3.46. The van der Waals surface area contributed by atoms with E-state index in [0.717, 1.165) is 23.7 Å². The predicted molar refractivity (Wildman–Crippen MR) is 64.9 cm³/mol. The molecule has 1 amide bonds. The third kappa shape index (κ3) is 3.04. The van der Waals surface area contributed by atoms with Crippen molar-refractivity contribution in [1.29, 1.82) is 0 Å². The molecule has 1 atom stereocenters. The van der Waals surface area contributed by atoms with E-state index in [1.165, 1.54) is 0 Å². The van der Waals surface area contributed by atoms with E-state index in [9.17, 15) is 4.79 Å². The molecule has 0 aromatic carbocycles. The smallest absolute Gasteiger partial charge is 0.227 e. The number of nitrogens with one attached hydrogen (secondary N) is 2. The molecule has 5 heteroatoms. The highest BCUT2D eigenvalue weighted by Gasteiger charge is 2.17. The lowest BCUT2D eigenvalue weighted by atomic mass is 10.2. The summed E-state index contributed by atoms with van der Waals surface area (Å²) in [5, 5.41) is 9.03. The maximum atomic E-state index is 11.7. The van der Waals surface area contributed by atoms with Crippen molar-refractivity contribution < 1.29 is 9.53 Å². The maximum Gasteiger partial charge on any atom is 0.227 e. The van der Waals surface area contributed by atoms with Crippen molar-refractivity contribution in [3.8, 4) is 0 Å². The highest BCUT2D eigenvalue weighted by Crippen LogP contribution is 2.22. The molecule has 1 aliphatic rings. The Labute approximate surface area is 99.0 Å². The first kappa shape index (κ1) is 11.6. The largest absolute Gasteiger partial charge is 0.375 e. The summed E-state index contributed by atoms with van der Waals surface area (Å²) in [5.41, 5.74) is 1.11. The van der Waals surface area contributed by atoms with Gasteiger partial charge in [-0.05, 0) is 23.9 Å². The van der Waals surface area contributed by atoms with E-state index in [0.29, 0.717) is 13.0 Å². The number of morpholine rings is 1. The molecule has 4 nitrogen and oxygen atoms in total. The molecule has 1 aromatic heterocycles. The van der Waals surface area contributed by atoms with Gasteiger partial charge >= 0.3 is 0 Å². The van der Waals surface area contributed by atoms with Crippen LogP contribution in [0.3, 0.4) is 0 Å². The number of ether oxygens (including phenoxy) is 1. The van der Waals surface area contributed by atoms with Gasteiger partial charge in [0.25, 0.3) is 0 Å². The van der Waals surface area contributed by atoms with Crippen LogP contribution in [0.25, 0.3) is 0 Å². The number of hydrogen-bond acceptors (Lipinski definition) is 4. The highest BCUT2D eigenvalue weighted by atomic mass is 32.1. The molecular formula is C11H16N2O2S. The lowest BCUT2D eigenvalue weighted by Crippen LogP contribution is -2.40. The standard InChI is InChI=1S/C11H16N2O2S/c1-8-2-5-16-11(8)13-10(14)6-9-7-12-3-4-15-9/h2,5,9,12H,3-4,6-7H2,1H3,(H,13,14). The fourth-order valence-corrected chi connectivity index (χ4v) is 2.47. The van der Waals surface area contributed by atoms with Gasteiger partial charge in [-0.2, -0.15) is 0 Å². The summed E-state index contributed by atoms with van der Waals surface area (Å²) >= 11 is 1.55. The van der Waals surface area contributed by atoms with Crippen molar-refractivity contribution >= 4 is 22.2 Å². The van der Waals surface area contributed by atoms with E-state index in [1.54, 1.807) is 11.3 Å². The van der Waals surface area contributed by atoms with E-state index in [-0.39, 0.29) is 12.0 Å². The van der Waals surface area contributed by atoms with Crippen molar-refractivity contribution in [2.45, 2.75) is 19.4 Å². The molecule has 0 spiro atoms. The van der Waals surface area contributed by atoms with Gasteiger partial charge in [0.05, 0.1) is 24.1 Å². The Bertz CT molecular complexity index is 359. The second kappa shape index (κ2) is 5.43. The summed E-state index contributed by atoms with van der Waals surface area (Å²) in [4.78, 5) is 11.7. The Hall–Kier alpha value is -0.910. The van der Waals surface area contributed by atoms with Gasteiger partial charge in [0.1, 0.15) is 0 Å². The van der Waals surface area contributed by atoms with Gasteiger partial charge in [-0.1, -0.05) is 0 Å². The number of anilines is 1. The van der Waals surface area contributed by atoms with Crippen LogP contribution >= 0.6 is 11.3 Å². The molecular weight excluding hydrogens is 224 g/mol. The Balaban J connectivity index is 1.82. The van der Waals surface area contributed by atoms with Gasteiger partial charge in [0.15, 0.2) is 0 Å². The first-order valence-electron chi connectivity index (χ1n) is 5.42. The summed E-state index contributed by atoms with van der Waals surface area (Å²) in [5.74, 6) is 0.0271. The Morgan fingerprint density at radius 3 is 3.25 bits per heavy atom. The normalized spacial score (nSPS) is 20.7. The van der Waals surface area contributed by atoms with Gasteiger partial charge in [0.2, 0.25) is 5.91 Å². The molecule has 1 saturated heterocycles. The van der Waals surface area contributed by atoms with Crippen molar-refractivity contribution in [3.63, 3.8) is 0 Å². The topological polar surface area (TPSA) is 50.4 Å². The SMILES string of the molecule is Cc1ccsc1NC(=O)CC1CNCCO1. The molecule has 1 aliphatic heterocycles. The molecule has 16 heavy (non-hydrogen) atoms. The molecule has 1 fully saturated rings. The van der Waals surface area contributed by atoms with Crippen LogP contribution in [0.15, 0.2) is 11.4 Å². The summed E-state index contributed by atoms with van der Waals surface area (Å²) in [6.45, 7) is 4.32. The predicted octanol–water partition coefficient (Wildman–Crippen LogP) is 1.37. The summed E-state index contributed by atoms with van der Waals surface area (Å²) < 4.78 is 5.48. The molecule has 1 aromatic rings. The average Bonchev–Trinajstić information content (AvgIpc) is 2.66. The Morgan fingerprint density at radius 2 is 2.62 bits per heavy atom. The van der Waals surface area contributed by atoms with E-state index in [4.69, 9.17) is 4.74 Å². The zero-order valence-electron chi connectivity index (χ0n) is 9.29. The zero-order valence-corrected chi connectivity index (χ0v) is 10.1. The van der Waals surface area contributed by atoms with Gasteiger partial charge < -0.3 is 15.4 Å². The molecule has 2 heterocycles. The first-order valence-corrected chi connectivity index (χ1v) is 6.30. The van der Waals surface area contributed by atoms with Gasteiger partial charge in [-0.3, -0.25) is 4.79 Å². The minimum atomic E-state index is 0.00835. The zero-order chi connectivity index (χ0) is 11.4. The molecule has 0 aliphatic carbocycles. The molecule has 0 saturated carbocycles. The number of hydrogen-bond donors (Lipinski definition) is 2. The number of amides is 1. The molecule has 2 N–H and O–H groups in total. The highest BCUT2D eigenvalue weighted by molar-refractivity contribution is 7.14. The van der Waals surface area contributed by atoms with E-state index in [2.05, 4.69) is 10.6 Å². The van der Waals surface area contributed by atoms with Gasteiger partial charge in [-0.15, -0.1) is 11.3 Å². The van der Waals surface area contributed by atoms with Crippen molar-refractivity contribution in [3.05, 3.63) is 17.0 Å². The first-order chi connectivity index (χ1) is 7.75. The second-order valence-corrected chi connectivity index (χ2v) is 4.80. The summed E-state index contributed by atoms with van der Waals surface area (Å²) in [6.07, 6.45) is 0.429. The molecule has 0 bridgehead atoms. The summed E-state index contributed by atoms with van der Waals surface area (Å²) in [7, 11) is 0. The molecule has 2 rings (SSSR count). The van der Waals surface area contributed by atoms with Crippen molar-refractivity contribution in [2.24, 2.45) is 0 Å². The lowest BCUT2D eigenvalue weighted by molar-refractivity contribution is -0.119. The van der Waals surface area contributed by atoms with Gasteiger partial charge in [-0.25, -0.2) is 0 Å². The fourth-order valence-electron chi connectivity index (χ4n) is 1.64. The third-order valence-electron chi connectivity index (χ3n) is 2.53. The van der Waals surface area contributed by atoms with E-state index >= 15 is 0 Å². The fraction of sp³-hybridized carbons (Fsp3) is 0.545. The number of thiophene rings is 1. The van der Waals surface area contributed by atoms with Crippen molar-refractivity contribution in [1.82, 2.24) is 5.32 Å². The minimum absolute atomic E-state index is 0.00835. The van der Waals surface area contributed by atoms with Gasteiger partial charge in [0, 0.05) is 13.1 Å². The monoisotopic (exact) mass is 240 g/mol. The average molecular weight is 240 g/mol. The van der Waals surface area contributed by atoms with Crippen LogP contribution in [0.4, 0.5) is 5.00 Å². The van der Waals surface area contributed by atoms with E-state index < -0.39 is 0 Å².